The molecule has 0 fully saturated rings. The summed E-state index contributed by atoms with van der Waals surface area (Å²) in [4.78, 5) is 13.4. The Bertz CT molecular complexity index is 1090. The molecule has 6 nitrogen and oxygen atoms in total. The second kappa shape index (κ2) is 10.1. The highest BCUT2D eigenvalue weighted by atomic mass is 32.1. The summed E-state index contributed by atoms with van der Waals surface area (Å²) >= 11 is 5.49. The van der Waals surface area contributed by atoms with Gasteiger partial charge >= 0.3 is 0 Å². The molecule has 3 N–H and O–H groups in total. The van der Waals surface area contributed by atoms with E-state index in [1.807, 2.05) is 45.9 Å². The van der Waals surface area contributed by atoms with E-state index in [-0.39, 0.29) is 5.82 Å². The minimum atomic E-state index is -0.285. The number of aromatic nitrogens is 2. The van der Waals surface area contributed by atoms with Crippen LogP contribution >= 0.6 is 12.2 Å². The van der Waals surface area contributed by atoms with Crippen LogP contribution in [0.5, 0.6) is 0 Å². The van der Waals surface area contributed by atoms with Gasteiger partial charge in [0, 0.05) is 17.1 Å². The molecule has 0 spiro atoms. The number of thiocarbonyl (C=S) groups is 1. The van der Waals surface area contributed by atoms with Gasteiger partial charge in [-0.15, -0.1) is 0 Å². The quantitative estimate of drug-likeness (QED) is 0.310. The molecule has 0 aliphatic heterocycles. The average molecular weight is 437 g/mol. The summed E-state index contributed by atoms with van der Waals surface area (Å²) in [5.74, 6) is 0.514. The lowest BCUT2D eigenvalue weighted by Gasteiger charge is -2.15. The summed E-state index contributed by atoms with van der Waals surface area (Å²) in [6.45, 7) is 8.18. The average Bonchev–Trinajstić information content (AvgIpc) is 2.69. The number of hydrogen-bond acceptors (Lipinski definition) is 4. The number of aliphatic imine (C=N–C) groups is 1. The first kappa shape index (κ1) is 22.3. The molecule has 0 saturated carbocycles. The molecule has 8 heteroatoms. The Hall–Kier alpha value is -3.39. The number of halogens is 1. The number of rotatable bonds is 4. The monoisotopic (exact) mass is 436 g/mol. The van der Waals surface area contributed by atoms with Crippen LogP contribution in [-0.4, -0.2) is 21.0 Å². The molecule has 0 bridgehead atoms. The lowest BCUT2D eigenvalue weighted by molar-refractivity contribution is 0.627. The topological polar surface area (TPSA) is 74.2 Å². The summed E-state index contributed by atoms with van der Waals surface area (Å²) < 4.78 is 13.2. The van der Waals surface area contributed by atoms with E-state index in [9.17, 15) is 4.39 Å². The normalized spacial score (nSPS) is 11.2. The number of nitrogens with one attached hydrogen (secondary N) is 3. The lowest BCUT2D eigenvalue weighted by atomic mass is 10.1. The van der Waals surface area contributed by atoms with E-state index in [2.05, 4.69) is 37.0 Å². The lowest BCUT2D eigenvalue weighted by Crippen LogP contribution is -2.39. The van der Waals surface area contributed by atoms with E-state index in [1.165, 1.54) is 17.7 Å². The van der Waals surface area contributed by atoms with Crippen molar-refractivity contribution in [3.05, 3.63) is 82.4 Å². The Morgan fingerprint density at radius 2 is 1.61 bits per heavy atom. The molecule has 2 aromatic carbocycles. The molecule has 1 aromatic heterocycles. The van der Waals surface area contributed by atoms with Crippen molar-refractivity contribution < 1.29 is 4.39 Å². The summed E-state index contributed by atoms with van der Waals surface area (Å²) in [6, 6.07) is 14.2. The van der Waals surface area contributed by atoms with Gasteiger partial charge in [-0.05, 0) is 75.3 Å². The molecule has 3 aromatic rings. The fraction of sp³-hybridized carbons (Fsp3) is 0.217. The van der Waals surface area contributed by atoms with Gasteiger partial charge in [0.05, 0.1) is 6.54 Å². The van der Waals surface area contributed by atoms with Crippen molar-refractivity contribution in [2.75, 3.05) is 10.6 Å². The predicted octanol–water partition coefficient (Wildman–Crippen LogP) is 4.80. The van der Waals surface area contributed by atoms with Crippen LogP contribution in [0.2, 0.25) is 0 Å². The fourth-order valence-electron chi connectivity index (χ4n) is 2.97. The Balaban J connectivity index is 1.78. The number of guanidine groups is 1. The van der Waals surface area contributed by atoms with Crippen LogP contribution in [0.4, 0.5) is 16.0 Å². The minimum absolute atomic E-state index is 0.285. The minimum Gasteiger partial charge on any atom is -0.332 e. The molecule has 31 heavy (non-hydrogen) atoms. The van der Waals surface area contributed by atoms with Crippen molar-refractivity contribution in [2.24, 2.45) is 4.99 Å². The first-order valence-electron chi connectivity index (χ1n) is 9.82. The number of nitrogens with zero attached hydrogens (tertiary/aromatic N) is 3. The van der Waals surface area contributed by atoms with Gasteiger partial charge in [-0.1, -0.05) is 29.8 Å². The van der Waals surface area contributed by atoms with E-state index in [0.29, 0.717) is 23.6 Å². The van der Waals surface area contributed by atoms with Crippen molar-refractivity contribution in [2.45, 2.75) is 34.2 Å². The maximum absolute atomic E-state index is 13.2. The largest absolute Gasteiger partial charge is 0.332 e. The highest BCUT2D eigenvalue weighted by molar-refractivity contribution is 7.80. The smallest absolute Gasteiger partial charge is 0.229 e. The zero-order valence-electron chi connectivity index (χ0n) is 18.0. The molecular formula is C23H25FN6S. The van der Waals surface area contributed by atoms with Crippen molar-refractivity contribution >= 4 is 34.9 Å². The molecule has 160 valence electrons. The molecule has 0 aliphatic carbocycles. The zero-order valence-corrected chi connectivity index (χ0v) is 18.8. The first-order chi connectivity index (χ1) is 14.8. The summed E-state index contributed by atoms with van der Waals surface area (Å²) in [6.07, 6.45) is 0. The van der Waals surface area contributed by atoms with E-state index in [1.54, 1.807) is 12.1 Å². The van der Waals surface area contributed by atoms with Gasteiger partial charge in [-0.25, -0.2) is 19.4 Å². The Kier molecular flexibility index (Phi) is 7.25. The molecule has 0 atom stereocenters. The van der Waals surface area contributed by atoms with Crippen LogP contribution in [0.1, 0.15) is 28.1 Å². The third-order valence-electron chi connectivity index (χ3n) is 4.41. The molecule has 3 rings (SSSR count). The fourth-order valence-corrected chi connectivity index (χ4v) is 3.18. The van der Waals surface area contributed by atoms with Crippen molar-refractivity contribution in [1.29, 1.82) is 0 Å². The van der Waals surface area contributed by atoms with Gasteiger partial charge in [0.1, 0.15) is 5.82 Å². The van der Waals surface area contributed by atoms with Crippen molar-refractivity contribution in [3.8, 4) is 0 Å². The number of anilines is 2. The van der Waals surface area contributed by atoms with Crippen LogP contribution in [0.15, 0.2) is 53.5 Å². The first-order valence-corrected chi connectivity index (χ1v) is 10.2. The molecule has 1 heterocycles. The van der Waals surface area contributed by atoms with Gasteiger partial charge in [0.15, 0.2) is 5.11 Å². The molecule has 0 saturated heterocycles. The molecule has 0 unspecified atom stereocenters. The van der Waals surface area contributed by atoms with Gasteiger partial charge in [0.25, 0.3) is 0 Å². The molecular weight excluding hydrogens is 411 g/mol. The molecule has 0 radical (unpaired) electrons. The van der Waals surface area contributed by atoms with E-state index < -0.39 is 0 Å². The van der Waals surface area contributed by atoms with Gasteiger partial charge in [-0.2, -0.15) is 0 Å². The Morgan fingerprint density at radius 1 is 0.935 bits per heavy atom. The second-order valence-electron chi connectivity index (χ2n) is 7.29. The van der Waals surface area contributed by atoms with E-state index >= 15 is 0 Å². The molecule has 0 amide bonds. The maximum Gasteiger partial charge on any atom is 0.229 e. The highest BCUT2D eigenvalue weighted by Crippen LogP contribution is 2.16. The van der Waals surface area contributed by atoms with Crippen LogP contribution in [-0.2, 0) is 6.54 Å². The Labute approximate surface area is 187 Å². The van der Waals surface area contributed by atoms with E-state index in [0.717, 1.165) is 28.2 Å². The SMILES string of the molecule is Cc1ccc(NC(=S)NC(=NCc2ccc(F)cc2)Nc2nc(C)cc(C)n2)c(C)c1. The summed E-state index contributed by atoms with van der Waals surface area (Å²) in [5.41, 5.74) is 5.70. The summed E-state index contributed by atoms with van der Waals surface area (Å²) in [7, 11) is 0. The predicted molar refractivity (Wildman–Crippen MR) is 128 cm³/mol. The number of aryl methyl sites for hydroxylation is 4. The van der Waals surface area contributed by atoms with Crippen LogP contribution < -0.4 is 16.0 Å². The summed E-state index contributed by atoms with van der Waals surface area (Å²) in [5, 5.41) is 9.75. The highest BCUT2D eigenvalue weighted by Gasteiger charge is 2.08. The van der Waals surface area contributed by atoms with Gasteiger partial charge in [0.2, 0.25) is 11.9 Å². The standard InChI is InChI=1S/C23H25FN6S/c1-14-5-10-20(15(2)11-14)28-23(31)30-21(25-13-18-6-8-19(24)9-7-18)29-22-26-16(3)12-17(4)27-22/h5-12H,13H2,1-4H3,(H3,25,26,27,28,29,30,31). The third kappa shape index (κ3) is 6.82. The number of hydrogen-bond donors (Lipinski definition) is 3. The maximum atomic E-state index is 13.2. The van der Waals surface area contributed by atoms with Crippen LogP contribution in [0.3, 0.4) is 0 Å². The zero-order chi connectivity index (χ0) is 22.4. The van der Waals surface area contributed by atoms with Gasteiger partial charge in [-0.3, -0.25) is 5.32 Å². The van der Waals surface area contributed by atoms with Gasteiger partial charge < -0.3 is 10.6 Å². The van der Waals surface area contributed by atoms with E-state index in [4.69, 9.17) is 12.2 Å². The van der Waals surface area contributed by atoms with Crippen molar-refractivity contribution in [1.82, 2.24) is 15.3 Å². The Morgan fingerprint density at radius 3 is 2.26 bits per heavy atom. The number of benzene rings is 2. The molecule has 0 aliphatic rings. The van der Waals surface area contributed by atoms with Crippen LogP contribution in [0.25, 0.3) is 0 Å². The van der Waals surface area contributed by atoms with Crippen LogP contribution in [0, 0.1) is 33.5 Å². The third-order valence-corrected chi connectivity index (χ3v) is 4.61. The van der Waals surface area contributed by atoms with Crippen molar-refractivity contribution in [3.63, 3.8) is 0 Å². The second-order valence-corrected chi connectivity index (χ2v) is 7.70.